The van der Waals surface area contributed by atoms with E-state index in [0.29, 0.717) is 12.1 Å². The molecule has 0 saturated heterocycles. The lowest BCUT2D eigenvalue weighted by Gasteiger charge is -2.31. The van der Waals surface area contributed by atoms with E-state index in [-0.39, 0.29) is 11.8 Å². The first-order valence-corrected chi connectivity index (χ1v) is 9.23. The standard InChI is InChI=1S/C22H30N2O2/c1-18(2)22(26,20-13-8-5-9-14-20)21(25)23-15-10-16-24(3)17-19-11-6-4-7-12-19/h4-9,11-14,18,26H,10,15-17H2,1-3H3,(H,23,25). The van der Waals surface area contributed by atoms with Gasteiger partial charge in [-0.3, -0.25) is 4.79 Å². The van der Waals surface area contributed by atoms with E-state index in [9.17, 15) is 9.90 Å². The Hall–Kier alpha value is -2.17. The van der Waals surface area contributed by atoms with Crippen molar-refractivity contribution in [2.45, 2.75) is 32.4 Å². The van der Waals surface area contributed by atoms with Crippen LogP contribution in [0, 0.1) is 5.92 Å². The molecule has 1 atom stereocenters. The lowest BCUT2D eigenvalue weighted by atomic mass is 9.82. The van der Waals surface area contributed by atoms with Crippen LogP contribution in [0.2, 0.25) is 0 Å². The molecular weight excluding hydrogens is 324 g/mol. The highest BCUT2D eigenvalue weighted by molar-refractivity contribution is 5.86. The van der Waals surface area contributed by atoms with Crippen molar-refractivity contribution in [3.63, 3.8) is 0 Å². The van der Waals surface area contributed by atoms with Gasteiger partial charge < -0.3 is 15.3 Å². The van der Waals surface area contributed by atoms with E-state index in [2.05, 4.69) is 29.4 Å². The first kappa shape index (κ1) is 20.1. The van der Waals surface area contributed by atoms with Gasteiger partial charge >= 0.3 is 0 Å². The van der Waals surface area contributed by atoms with Crippen LogP contribution in [0.5, 0.6) is 0 Å². The maximum absolute atomic E-state index is 12.7. The highest BCUT2D eigenvalue weighted by Crippen LogP contribution is 2.29. The van der Waals surface area contributed by atoms with E-state index in [1.165, 1.54) is 5.56 Å². The van der Waals surface area contributed by atoms with E-state index in [0.717, 1.165) is 19.5 Å². The summed E-state index contributed by atoms with van der Waals surface area (Å²) in [6.07, 6.45) is 0.831. The van der Waals surface area contributed by atoms with Crippen molar-refractivity contribution in [1.29, 1.82) is 0 Å². The highest BCUT2D eigenvalue weighted by atomic mass is 16.3. The van der Waals surface area contributed by atoms with Crippen LogP contribution in [0.4, 0.5) is 0 Å². The second kappa shape index (κ2) is 9.51. The zero-order chi connectivity index (χ0) is 19.0. The number of hydrogen-bond acceptors (Lipinski definition) is 3. The number of amides is 1. The van der Waals surface area contributed by atoms with Crippen molar-refractivity contribution in [2.75, 3.05) is 20.1 Å². The van der Waals surface area contributed by atoms with Crippen LogP contribution in [0.1, 0.15) is 31.4 Å². The van der Waals surface area contributed by atoms with E-state index >= 15 is 0 Å². The lowest BCUT2D eigenvalue weighted by Crippen LogP contribution is -2.48. The van der Waals surface area contributed by atoms with Crippen LogP contribution in [-0.4, -0.2) is 36.1 Å². The number of nitrogens with zero attached hydrogens (tertiary/aromatic N) is 1. The van der Waals surface area contributed by atoms with Gasteiger partial charge in [-0.15, -0.1) is 0 Å². The van der Waals surface area contributed by atoms with Gasteiger partial charge in [-0.1, -0.05) is 74.5 Å². The van der Waals surface area contributed by atoms with Crippen molar-refractivity contribution in [2.24, 2.45) is 5.92 Å². The maximum atomic E-state index is 12.7. The molecule has 0 aromatic heterocycles. The zero-order valence-corrected chi connectivity index (χ0v) is 16.0. The van der Waals surface area contributed by atoms with Crippen LogP contribution >= 0.6 is 0 Å². The number of carbonyl (C=O) groups excluding carboxylic acids is 1. The number of benzene rings is 2. The summed E-state index contributed by atoms with van der Waals surface area (Å²) in [6.45, 7) is 6.02. The Morgan fingerprint density at radius 2 is 1.65 bits per heavy atom. The molecule has 2 aromatic rings. The van der Waals surface area contributed by atoms with Crippen molar-refractivity contribution >= 4 is 5.91 Å². The molecule has 140 valence electrons. The molecule has 0 fully saturated rings. The van der Waals surface area contributed by atoms with E-state index in [1.807, 2.05) is 50.2 Å². The molecule has 2 rings (SSSR count). The number of nitrogens with one attached hydrogen (secondary N) is 1. The van der Waals surface area contributed by atoms with Gasteiger partial charge in [0.05, 0.1) is 0 Å². The Morgan fingerprint density at radius 3 is 2.23 bits per heavy atom. The molecule has 0 aliphatic carbocycles. The molecule has 1 amide bonds. The highest BCUT2D eigenvalue weighted by Gasteiger charge is 2.40. The van der Waals surface area contributed by atoms with Crippen LogP contribution in [0.15, 0.2) is 60.7 Å². The minimum Gasteiger partial charge on any atom is -0.375 e. The Bertz CT molecular complexity index is 673. The fourth-order valence-corrected chi connectivity index (χ4v) is 3.08. The third-order valence-corrected chi connectivity index (χ3v) is 4.69. The van der Waals surface area contributed by atoms with Crippen LogP contribution in [0.25, 0.3) is 0 Å². The second-order valence-electron chi connectivity index (χ2n) is 7.12. The maximum Gasteiger partial charge on any atom is 0.256 e. The van der Waals surface area contributed by atoms with Gasteiger partial charge in [-0.2, -0.15) is 0 Å². The summed E-state index contributed by atoms with van der Waals surface area (Å²) in [5, 5.41) is 13.9. The first-order chi connectivity index (χ1) is 12.4. The molecule has 0 aliphatic heterocycles. The number of hydrogen-bond donors (Lipinski definition) is 2. The third kappa shape index (κ3) is 5.16. The van der Waals surface area contributed by atoms with E-state index in [4.69, 9.17) is 0 Å². The number of carbonyl (C=O) groups is 1. The molecule has 4 nitrogen and oxygen atoms in total. The van der Waals surface area contributed by atoms with Crippen LogP contribution < -0.4 is 5.32 Å². The predicted molar refractivity (Wildman–Crippen MR) is 106 cm³/mol. The topological polar surface area (TPSA) is 52.6 Å². The second-order valence-corrected chi connectivity index (χ2v) is 7.12. The van der Waals surface area contributed by atoms with Crippen LogP contribution in [0.3, 0.4) is 0 Å². The fourth-order valence-electron chi connectivity index (χ4n) is 3.08. The average molecular weight is 354 g/mol. The zero-order valence-electron chi connectivity index (χ0n) is 16.0. The van der Waals surface area contributed by atoms with E-state index in [1.54, 1.807) is 12.1 Å². The Morgan fingerprint density at radius 1 is 1.08 bits per heavy atom. The van der Waals surface area contributed by atoms with Crippen molar-refractivity contribution in [3.05, 3.63) is 71.8 Å². The van der Waals surface area contributed by atoms with Crippen molar-refractivity contribution in [3.8, 4) is 0 Å². The van der Waals surface area contributed by atoms with E-state index < -0.39 is 5.60 Å². The molecule has 2 aromatic carbocycles. The van der Waals surface area contributed by atoms with Gasteiger partial charge in [0.25, 0.3) is 5.91 Å². The van der Waals surface area contributed by atoms with Gasteiger partial charge in [-0.25, -0.2) is 0 Å². The normalized spacial score (nSPS) is 13.6. The summed E-state index contributed by atoms with van der Waals surface area (Å²) >= 11 is 0. The quantitative estimate of drug-likeness (QED) is 0.680. The number of aliphatic hydroxyl groups is 1. The Kier molecular flexibility index (Phi) is 7.37. The molecule has 0 aliphatic rings. The molecule has 0 saturated carbocycles. The summed E-state index contributed by atoms with van der Waals surface area (Å²) in [7, 11) is 2.07. The van der Waals surface area contributed by atoms with Gasteiger partial charge in [0.1, 0.15) is 0 Å². The molecule has 0 bridgehead atoms. The molecule has 0 spiro atoms. The van der Waals surface area contributed by atoms with Gasteiger partial charge in [0.2, 0.25) is 0 Å². The molecule has 1 unspecified atom stereocenters. The lowest BCUT2D eigenvalue weighted by molar-refractivity contribution is -0.146. The summed E-state index contributed by atoms with van der Waals surface area (Å²) in [4.78, 5) is 14.9. The van der Waals surface area contributed by atoms with Gasteiger partial charge in [-0.05, 0) is 37.1 Å². The summed E-state index contributed by atoms with van der Waals surface area (Å²) in [5.74, 6) is -0.546. The summed E-state index contributed by atoms with van der Waals surface area (Å²) in [5.41, 5.74) is 0.406. The molecule has 2 N–H and O–H groups in total. The predicted octanol–water partition coefficient (Wildman–Crippen LogP) is 3.17. The fraction of sp³-hybridized carbons (Fsp3) is 0.409. The molecule has 0 radical (unpaired) electrons. The largest absolute Gasteiger partial charge is 0.375 e. The Labute approximate surface area is 156 Å². The SMILES string of the molecule is CC(C)C(O)(C(=O)NCCCN(C)Cc1ccccc1)c1ccccc1. The van der Waals surface area contributed by atoms with Crippen LogP contribution in [-0.2, 0) is 16.9 Å². The molecule has 26 heavy (non-hydrogen) atoms. The minimum absolute atomic E-state index is 0.217. The first-order valence-electron chi connectivity index (χ1n) is 9.23. The smallest absolute Gasteiger partial charge is 0.256 e. The third-order valence-electron chi connectivity index (χ3n) is 4.69. The van der Waals surface area contributed by atoms with Gasteiger partial charge in [0.15, 0.2) is 5.60 Å². The molecular formula is C22H30N2O2. The van der Waals surface area contributed by atoms with Crippen molar-refractivity contribution < 1.29 is 9.90 Å². The summed E-state index contributed by atoms with van der Waals surface area (Å²) < 4.78 is 0. The molecule has 0 heterocycles. The minimum atomic E-state index is -1.50. The average Bonchev–Trinajstić information content (AvgIpc) is 2.65. The molecule has 4 heteroatoms. The number of rotatable bonds is 9. The Balaban J connectivity index is 1.83. The van der Waals surface area contributed by atoms with Crippen molar-refractivity contribution in [1.82, 2.24) is 10.2 Å². The summed E-state index contributed by atoms with van der Waals surface area (Å²) in [6, 6.07) is 19.5. The monoisotopic (exact) mass is 354 g/mol. The van der Waals surface area contributed by atoms with Gasteiger partial charge in [0, 0.05) is 13.1 Å².